The summed E-state index contributed by atoms with van der Waals surface area (Å²) in [5.41, 5.74) is 3.02. The van der Waals surface area contributed by atoms with Crippen molar-refractivity contribution in [1.82, 2.24) is 0 Å². The zero-order valence-corrected chi connectivity index (χ0v) is 8.36. The van der Waals surface area contributed by atoms with Gasteiger partial charge in [-0.3, -0.25) is 0 Å². The number of benzene rings is 1. The molecule has 0 bridgehead atoms. The first-order valence-corrected chi connectivity index (χ1v) is 4.73. The molecular weight excluding hydrogens is 207 g/mol. The minimum Gasteiger partial charge on any atom is -0.323 e. The Bertz CT molecular complexity index is 385. The van der Waals surface area contributed by atoms with E-state index < -0.39 is 0 Å². The van der Waals surface area contributed by atoms with E-state index in [-0.39, 0.29) is 0 Å². The highest BCUT2D eigenvalue weighted by atomic mass is 35.5. The van der Waals surface area contributed by atoms with Crippen LogP contribution >= 0.6 is 23.2 Å². The zero-order valence-electron chi connectivity index (χ0n) is 6.85. The van der Waals surface area contributed by atoms with Gasteiger partial charge in [0, 0.05) is 5.56 Å². The van der Waals surface area contributed by atoms with Crippen molar-refractivity contribution < 1.29 is 0 Å². The average Bonchev–Trinajstić information content (AvgIpc) is 2.55. The van der Waals surface area contributed by atoms with Crippen LogP contribution in [0.2, 0.25) is 10.0 Å². The number of hydrazone groups is 1. The lowest BCUT2D eigenvalue weighted by Gasteiger charge is -2.02. The van der Waals surface area contributed by atoms with Crippen molar-refractivity contribution in [3.8, 4) is 0 Å². The Morgan fingerprint density at radius 3 is 2.69 bits per heavy atom. The van der Waals surface area contributed by atoms with Gasteiger partial charge in [0.15, 0.2) is 0 Å². The lowest BCUT2D eigenvalue weighted by Crippen LogP contribution is -1.98. The Morgan fingerprint density at radius 1 is 1.23 bits per heavy atom. The Balaban J connectivity index is 2.64. The summed E-state index contributed by atoms with van der Waals surface area (Å²) in [7, 11) is 0. The number of nitrogens with two attached hydrogens (primary N) is 1. The fraction of sp³-hybridized carbons (Fsp3) is 0.222. The number of hydrogen-bond donors (Lipinski definition) is 1. The van der Waals surface area contributed by atoms with E-state index >= 15 is 0 Å². The van der Waals surface area contributed by atoms with E-state index in [1.807, 2.05) is 6.07 Å². The van der Waals surface area contributed by atoms with E-state index in [1.165, 1.54) is 0 Å². The minimum absolute atomic E-state index is 0.596. The van der Waals surface area contributed by atoms with Crippen LogP contribution in [-0.2, 0) is 6.42 Å². The Labute approximate surface area is 86.3 Å². The molecule has 0 saturated carbocycles. The first-order valence-electron chi connectivity index (χ1n) is 3.98. The van der Waals surface area contributed by atoms with Crippen LogP contribution in [0.1, 0.15) is 17.5 Å². The van der Waals surface area contributed by atoms with Crippen LogP contribution in [0.25, 0.3) is 0 Å². The summed E-state index contributed by atoms with van der Waals surface area (Å²) >= 11 is 11.9. The van der Waals surface area contributed by atoms with E-state index in [2.05, 4.69) is 5.10 Å². The van der Waals surface area contributed by atoms with Gasteiger partial charge in [-0.25, -0.2) is 0 Å². The van der Waals surface area contributed by atoms with Crippen LogP contribution in [0, 0.1) is 0 Å². The summed E-state index contributed by atoms with van der Waals surface area (Å²) in [6, 6.07) is 3.70. The molecule has 0 unspecified atom stereocenters. The molecule has 1 aromatic rings. The number of hydrogen-bond acceptors (Lipinski definition) is 2. The van der Waals surface area contributed by atoms with Crippen LogP contribution in [0.4, 0.5) is 0 Å². The Kier molecular flexibility index (Phi) is 2.18. The minimum atomic E-state index is 0.596. The molecule has 68 valence electrons. The zero-order chi connectivity index (χ0) is 9.42. The van der Waals surface area contributed by atoms with Crippen molar-refractivity contribution in [2.24, 2.45) is 10.9 Å². The van der Waals surface area contributed by atoms with Gasteiger partial charge in [-0.1, -0.05) is 29.3 Å². The molecule has 2 rings (SSSR count). The highest BCUT2D eigenvalue weighted by Crippen LogP contribution is 2.34. The van der Waals surface area contributed by atoms with Crippen molar-refractivity contribution in [2.75, 3.05) is 0 Å². The smallest absolute Gasteiger partial charge is 0.0679 e. The van der Waals surface area contributed by atoms with Crippen LogP contribution in [-0.4, -0.2) is 5.71 Å². The molecule has 13 heavy (non-hydrogen) atoms. The van der Waals surface area contributed by atoms with Crippen molar-refractivity contribution in [3.05, 3.63) is 33.3 Å². The van der Waals surface area contributed by atoms with Crippen LogP contribution in [0.3, 0.4) is 0 Å². The molecule has 0 aromatic heterocycles. The van der Waals surface area contributed by atoms with Gasteiger partial charge in [0.05, 0.1) is 15.8 Å². The maximum Gasteiger partial charge on any atom is 0.0679 e. The summed E-state index contributed by atoms with van der Waals surface area (Å²) in [4.78, 5) is 0. The van der Waals surface area contributed by atoms with E-state index in [4.69, 9.17) is 29.0 Å². The molecule has 2 nitrogen and oxygen atoms in total. The van der Waals surface area contributed by atoms with Gasteiger partial charge in [-0.2, -0.15) is 5.10 Å². The Morgan fingerprint density at radius 2 is 2.00 bits per heavy atom. The van der Waals surface area contributed by atoms with Crippen molar-refractivity contribution in [3.63, 3.8) is 0 Å². The molecule has 0 aliphatic heterocycles. The number of rotatable bonds is 0. The van der Waals surface area contributed by atoms with E-state index in [0.717, 1.165) is 29.7 Å². The summed E-state index contributed by atoms with van der Waals surface area (Å²) in [5, 5.41) is 4.95. The molecule has 1 aromatic carbocycles. The molecule has 4 heteroatoms. The van der Waals surface area contributed by atoms with Crippen LogP contribution in [0.5, 0.6) is 0 Å². The quantitative estimate of drug-likeness (QED) is 0.524. The average molecular weight is 215 g/mol. The second-order valence-corrected chi connectivity index (χ2v) is 3.75. The number of nitrogens with zero attached hydrogens (tertiary/aromatic N) is 1. The first kappa shape index (κ1) is 8.85. The number of halogens is 2. The topological polar surface area (TPSA) is 38.4 Å². The third kappa shape index (κ3) is 1.30. The third-order valence-electron chi connectivity index (χ3n) is 2.27. The monoisotopic (exact) mass is 214 g/mol. The molecule has 1 aliphatic rings. The second kappa shape index (κ2) is 3.20. The fourth-order valence-electron chi connectivity index (χ4n) is 1.62. The van der Waals surface area contributed by atoms with Crippen molar-refractivity contribution in [2.45, 2.75) is 12.8 Å². The SMILES string of the molecule is N/N=C1/CCc2c1ccc(Cl)c2Cl. The highest BCUT2D eigenvalue weighted by Gasteiger charge is 2.21. The normalized spacial score (nSPS) is 17.8. The van der Waals surface area contributed by atoms with Crippen molar-refractivity contribution in [1.29, 1.82) is 0 Å². The lowest BCUT2D eigenvalue weighted by atomic mass is 10.1. The largest absolute Gasteiger partial charge is 0.323 e. The van der Waals surface area contributed by atoms with Gasteiger partial charge in [0.25, 0.3) is 0 Å². The fourth-order valence-corrected chi connectivity index (χ4v) is 2.06. The van der Waals surface area contributed by atoms with E-state index in [0.29, 0.717) is 10.0 Å². The van der Waals surface area contributed by atoms with Gasteiger partial charge in [0.2, 0.25) is 0 Å². The summed E-state index contributed by atoms with van der Waals surface area (Å²) in [6.45, 7) is 0. The van der Waals surface area contributed by atoms with Gasteiger partial charge in [-0.15, -0.1) is 0 Å². The van der Waals surface area contributed by atoms with Crippen molar-refractivity contribution >= 4 is 28.9 Å². The molecule has 0 radical (unpaired) electrons. The van der Waals surface area contributed by atoms with Crippen LogP contribution in [0.15, 0.2) is 17.2 Å². The van der Waals surface area contributed by atoms with Gasteiger partial charge in [-0.05, 0) is 24.5 Å². The summed E-state index contributed by atoms with van der Waals surface area (Å²) in [5.74, 6) is 5.25. The molecule has 0 spiro atoms. The van der Waals surface area contributed by atoms with Gasteiger partial charge < -0.3 is 5.84 Å². The van der Waals surface area contributed by atoms with E-state index in [9.17, 15) is 0 Å². The van der Waals surface area contributed by atoms with Crippen LogP contribution < -0.4 is 5.84 Å². The molecule has 0 fully saturated rings. The predicted molar refractivity (Wildman–Crippen MR) is 55.5 cm³/mol. The molecule has 2 N–H and O–H groups in total. The summed E-state index contributed by atoms with van der Waals surface area (Å²) < 4.78 is 0. The Hall–Kier alpha value is -0.730. The molecule has 0 heterocycles. The predicted octanol–water partition coefficient (Wildman–Crippen LogP) is 2.60. The summed E-state index contributed by atoms with van der Waals surface area (Å²) in [6.07, 6.45) is 1.73. The molecule has 0 amide bonds. The molecule has 0 atom stereocenters. The maximum absolute atomic E-state index is 6.03. The van der Waals surface area contributed by atoms with Gasteiger partial charge >= 0.3 is 0 Å². The first-order chi connectivity index (χ1) is 6.24. The molecular formula is C9H8Cl2N2. The van der Waals surface area contributed by atoms with Gasteiger partial charge in [0.1, 0.15) is 0 Å². The maximum atomic E-state index is 6.03. The standard InChI is InChI=1S/C9H8Cl2N2/c10-7-3-1-5-6(9(7)11)2-4-8(5)13-12/h1,3H,2,4,12H2/b13-8-. The molecule has 0 saturated heterocycles. The second-order valence-electron chi connectivity index (χ2n) is 2.96. The third-order valence-corrected chi connectivity index (χ3v) is 3.12. The lowest BCUT2D eigenvalue weighted by molar-refractivity contribution is 1.08. The number of fused-ring (bicyclic) bond motifs is 1. The highest BCUT2D eigenvalue weighted by molar-refractivity contribution is 6.43. The molecule has 1 aliphatic carbocycles. The van der Waals surface area contributed by atoms with E-state index in [1.54, 1.807) is 6.07 Å².